The highest BCUT2D eigenvalue weighted by molar-refractivity contribution is 5.81. The lowest BCUT2D eigenvalue weighted by atomic mass is 9.98. The fourth-order valence-electron chi connectivity index (χ4n) is 4.10. The molecule has 0 bridgehead atoms. The molecule has 2 N–H and O–H groups in total. The van der Waals surface area contributed by atoms with E-state index in [1.54, 1.807) is 4.68 Å². The predicted octanol–water partition coefficient (Wildman–Crippen LogP) is 3.80. The number of amides is 1. The molecule has 1 aliphatic carbocycles. The lowest BCUT2D eigenvalue weighted by Gasteiger charge is -2.18. The van der Waals surface area contributed by atoms with E-state index in [0.717, 1.165) is 39.2 Å². The van der Waals surface area contributed by atoms with Crippen LogP contribution in [0.3, 0.4) is 0 Å². The summed E-state index contributed by atoms with van der Waals surface area (Å²) in [6.45, 7) is 5.84. The van der Waals surface area contributed by atoms with Gasteiger partial charge in [-0.25, -0.2) is 9.59 Å². The minimum atomic E-state index is -1.15. The number of alkyl carbamates (subject to hydrolysis) is 1. The van der Waals surface area contributed by atoms with Gasteiger partial charge in [0.1, 0.15) is 12.6 Å². The average Bonchev–Trinajstić information content (AvgIpc) is 3.21. The molecule has 31 heavy (non-hydrogen) atoms. The van der Waals surface area contributed by atoms with Gasteiger partial charge in [0.25, 0.3) is 0 Å². The maximum Gasteiger partial charge on any atom is 0.407 e. The molecule has 7 heteroatoms. The molecule has 1 aromatic heterocycles. The Morgan fingerprint density at radius 3 is 2.16 bits per heavy atom. The van der Waals surface area contributed by atoms with Crippen molar-refractivity contribution in [3.63, 3.8) is 0 Å². The van der Waals surface area contributed by atoms with Gasteiger partial charge in [-0.1, -0.05) is 48.5 Å². The molecule has 4 rings (SSSR count). The van der Waals surface area contributed by atoms with Crippen LogP contribution in [0.2, 0.25) is 0 Å². The van der Waals surface area contributed by atoms with Gasteiger partial charge in [-0.05, 0) is 48.6 Å². The summed E-state index contributed by atoms with van der Waals surface area (Å²) >= 11 is 0. The monoisotopic (exact) mass is 419 g/mol. The number of hydrogen-bond acceptors (Lipinski definition) is 4. The first-order valence-corrected chi connectivity index (χ1v) is 10.2. The second kappa shape index (κ2) is 8.26. The van der Waals surface area contributed by atoms with Crippen LogP contribution in [0, 0.1) is 20.8 Å². The Kier molecular flexibility index (Phi) is 5.50. The quantitative estimate of drug-likeness (QED) is 0.634. The van der Waals surface area contributed by atoms with Crippen LogP contribution < -0.4 is 5.32 Å². The summed E-state index contributed by atoms with van der Waals surface area (Å²) in [7, 11) is 0. The molecule has 1 atom stereocenters. The highest BCUT2D eigenvalue weighted by Crippen LogP contribution is 2.44. The number of aliphatic carboxylic acids is 1. The number of carbonyl (C=O) groups excluding carboxylic acids is 1. The SMILES string of the molecule is Cc1nn(CC(NC(=O)OCC2c3ccccc3-c3ccccc32)C(=O)O)c(C)c1C. The van der Waals surface area contributed by atoms with Crippen LogP contribution in [0.25, 0.3) is 11.1 Å². The minimum Gasteiger partial charge on any atom is -0.480 e. The van der Waals surface area contributed by atoms with Crippen molar-refractivity contribution >= 4 is 12.1 Å². The Morgan fingerprint density at radius 2 is 1.65 bits per heavy atom. The van der Waals surface area contributed by atoms with Crippen molar-refractivity contribution in [2.45, 2.75) is 39.3 Å². The molecule has 3 aromatic rings. The van der Waals surface area contributed by atoms with Crippen molar-refractivity contribution in [1.29, 1.82) is 0 Å². The molecule has 7 nitrogen and oxygen atoms in total. The number of carboxylic acid groups (broad SMARTS) is 1. The summed E-state index contributed by atoms with van der Waals surface area (Å²) in [5, 5.41) is 16.4. The van der Waals surface area contributed by atoms with Crippen LogP contribution in [-0.4, -0.2) is 39.6 Å². The van der Waals surface area contributed by atoms with Crippen LogP contribution in [0.15, 0.2) is 48.5 Å². The molecule has 1 heterocycles. The summed E-state index contributed by atoms with van der Waals surface area (Å²) in [6, 6.07) is 15.0. The topological polar surface area (TPSA) is 93.5 Å². The number of carboxylic acids is 1. The molecular weight excluding hydrogens is 394 g/mol. The molecular formula is C24H25N3O4. The molecule has 0 saturated heterocycles. The van der Waals surface area contributed by atoms with Gasteiger partial charge >= 0.3 is 12.1 Å². The van der Waals surface area contributed by atoms with Gasteiger partial charge in [0.2, 0.25) is 0 Å². The molecule has 1 amide bonds. The molecule has 160 valence electrons. The first kappa shape index (κ1) is 20.7. The van der Waals surface area contributed by atoms with Gasteiger partial charge in [-0.3, -0.25) is 4.68 Å². The molecule has 0 saturated carbocycles. The highest BCUT2D eigenvalue weighted by Gasteiger charge is 2.30. The minimum absolute atomic E-state index is 0.0278. The maximum atomic E-state index is 12.5. The Hall–Kier alpha value is -3.61. The number of carbonyl (C=O) groups is 2. The van der Waals surface area contributed by atoms with E-state index in [-0.39, 0.29) is 19.1 Å². The second-order valence-electron chi connectivity index (χ2n) is 7.84. The number of rotatable bonds is 6. The van der Waals surface area contributed by atoms with E-state index < -0.39 is 18.1 Å². The Bertz CT molecular complexity index is 1110. The van der Waals surface area contributed by atoms with Crippen molar-refractivity contribution in [3.8, 4) is 11.1 Å². The Balaban J connectivity index is 1.45. The van der Waals surface area contributed by atoms with Crippen molar-refractivity contribution in [3.05, 3.63) is 76.6 Å². The van der Waals surface area contributed by atoms with E-state index in [1.165, 1.54) is 0 Å². The van der Waals surface area contributed by atoms with Gasteiger partial charge in [0.15, 0.2) is 0 Å². The van der Waals surface area contributed by atoms with Gasteiger partial charge in [-0.2, -0.15) is 5.10 Å². The number of aryl methyl sites for hydroxylation is 1. The van der Waals surface area contributed by atoms with Crippen LogP contribution >= 0.6 is 0 Å². The van der Waals surface area contributed by atoms with Gasteiger partial charge < -0.3 is 15.2 Å². The molecule has 0 aliphatic heterocycles. The van der Waals surface area contributed by atoms with Crippen molar-refractivity contribution in [1.82, 2.24) is 15.1 Å². The van der Waals surface area contributed by atoms with Crippen LogP contribution in [0.4, 0.5) is 4.79 Å². The van der Waals surface area contributed by atoms with Gasteiger partial charge in [0, 0.05) is 11.6 Å². The smallest absolute Gasteiger partial charge is 0.407 e. The molecule has 2 aromatic carbocycles. The van der Waals surface area contributed by atoms with Crippen molar-refractivity contribution in [2.75, 3.05) is 6.61 Å². The lowest BCUT2D eigenvalue weighted by molar-refractivity contribution is -0.139. The van der Waals surface area contributed by atoms with Gasteiger partial charge in [0.05, 0.1) is 12.2 Å². The molecule has 0 spiro atoms. The number of ether oxygens (including phenoxy) is 1. The number of fused-ring (bicyclic) bond motifs is 3. The Labute approximate surface area is 180 Å². The Morgan fingerprint density at radius 1 is 1.06 bits per heavy atom. The standard InChI is InChI=1S/C24H25N3O4/c1-14-15(2)26-27(16(14)3)12-22(23(28)29)25-24(30)31-13-21-19-10-6-4-8-17(19)18-9-5-7-11-20(18)21/h4-11,21-22H,12-13H2,1-3H3,(H,25,30)(H,28,29). The first-order chi connectivity index (χ1) is 14.9. The molecule has 0 radical (unpaired) electrons. The highest BCUT2D eigenvalue weighted by atomic mass is 16.5. The summed E-state index contributed by atoms with van der Waals surface area (Å²) in [6.07, 6.45) is -0.757. The van der Waals surface area contributed by atoms with Crippen molar-refractivity contribution < 1.29 is 19.4 Å². The van der Waals surface area contributed by atoms with E-state index in [0.29, 0.717) is 0 Å². The largest absolute Gasteiger partial charge is 0.480 e. The fourth-order valence-corrected chi connectivity index (χ4v) is 4.10. The summed E-state index contributed by atoms with van der Waals surface area (Å²) < 4.78 is 7.08. The van der Waals surface area contributed by atoms with E-state index in [4.69, 9.17) is 4.74 Å². The normalized spacial score (nSPS) is 13.4. The zero-order chi connectivity index (χ0) is 22.1. The molecule has 1 unspecified atom stereocenters. The third kappa shape index (κ3) is 3.91. The third-order valence-electron chi connectivity index (χ3n) is 6.03. The summed E-state index contributed by atoms with van der Waals surface area (Å²) in [5.41, 5.74) is 7.19. The van der Waals surface area contributed by atoms with E-state index in [2.05, 4.69) is 22.5 Å². The number of benzene rings is 2. The zero-order valence-corrected chi connectivity index (χ0v) is 17.8. The van der Waals surface area contributed by atoms with E-state index in [9.17, 15) is 14.7 Å². The predicted molar refractivity (Wildman–Crippen MR) is 116 cm³/mol. The zero-order valence-electron chi connectivity index (χ0n) is 17.8. The first-order valence-electron chi connectivity index (χ1n) is 10.2. The molecule has 0 fully saturated rings. The molecule has 1 aliphatic rings. The second-order valence-corrected chi connectivity index (χ2v) is 7.84. The van der Waals surface area contributed by atoms with Gasteiger partial charge in [-0.15, -0.1) is 0 Å². The summed E-state index contributed by atoms with van der Waals surface area (Å²) in [4.78, 5) is 24.2. The average molecular weight is 419 g/mol. The number of aromatic nitrogens is 2. The number of nitrogens with zero attached hydrogens (tertiary/aromatic N) is 2. The van der Waals surface area contributed by atoms with Crippen LogP contribution in [-0.2, 0) is 16.1 Å². The number of hydrogen-bond donors (Lipinski definition) is 2. The fraction of sp³-hybridized carbons (Fsp3) is 0.292. The number of nitrogens with one attached hydrogen (secondary N) is 1. The van der Waals surface area contributed by atoms with E-state index >= 15 is 0 Å². The van der Waals surface area contributed by atoms with E-state index in [1.807, 2.05) is 57.2 Å². The lowest BCUT2D eigenvalue weighted by Crippen LogP contribution is -2.44. The van der Waals surface area contributed by atoms with Crippen LogP contribution in [0.5, 0.6) is 0 Å². The summed E-state index contributed by atoms with van der Waals surface area (Å²) in [5.74, 6) is -1.22. The van der Waals surface area contributed by atoms with Crippen molar-refractivity contribution in [2.24, 2.45) is 0 Å². The maximum absolute atomic E-state index is 12.5. The van der Waals surface area contributed by atoms with Crippen LogP contribution in [0.1, 0.15) is 34.0 Å². The third-order valence-corrected chi connectivity index (χ3v) is 6.03.